The van der Waals surface area contributed by atoms with Gasteiger partial charge in [0.05, 0.1) is 40.7 Å². The van der Waals surface area contributed by atoms with Gasteiger partial charge in [-0.25, -0.2) is 4.79 Å². The van der Waals surface area contributed by atoms with Crippen molar-refractivity contribution in [1.29, 1.82) is 0 Å². The summed E-state index contributed by atoms with van der Waals surface area (Å²) in [6.45, 7) is 6.53. The van der Waals surface area contributed by atoms with Crippen LogP contribution in [-0.2, 0) is 17.8 Å². The van der Waals surface area contributed by atoms with Crippen LogP contribution in [0.5, 0.6) is 0 Å². The Bertz CT molecular complexity index is 1070. The molecule has 0 saturated carbocycles. The van der Waals surface area contributed by atoms with Crippen molar-refractivity contribution in [3.63, 3.8) is 0 Å². The molecule has 4 rings (SSSR count). The van der Waals surface area contributed by atoms with Gasteiger partial charge in [-0.3, -0.25) is 14.3 Å². The van der Waals surface area contributed by atoms with Crippen molar-refractivity contribution in [2.45, 2.75) is 45.6 Å². The van der Waals surface area contributed by atoms with Crippen molar-refractivity contribution < 1.29 is 4.79 Å². The molecule has 0 fully saturated rings. The molecule has 3 aromatic heterocycles. The summed E-state index contributed by atoms with van der Waals surface area (Å²) in [5.41, 5.74) is 4.65. The van der Waals surface area contributed by atoms with Crippen molar-refractivity contribution in [3.05, 3.63) is 45.9 Å². The van der Waals surface area contributed by atoms with Crippen LogP contribution in [0.4, 0.5) is 5.69 Å². The van der Waals surface area contributed by atoms with Crippen LogP contribution in [-0.4, -0.2) is 30.6 Å². The maximum absolute atomic E-state index is 12.5. The molecule has 1 unspecified atom stereocenters. The van der Waals surface area contributed by atoms with Crippen LogP contribution in [0.1, 0.15) is 49.6 Å². The van der Waals surface area contributed by atoms with E-state index >= 15 is 0 Å². The molecule has 1 atom stereocenters. The van der Waals surface area contributed by atoms with Gasteiger partial charge in [-0.15, -0.1) is 0 Å². The van der Waals surface area contributed by atoms with E-state index in [-0.39, 0.29) is 23.4 Å². The minimum Gasteiger partial charge on any atom is -0.324 e. The zero-order valence-corrected chi connectivity index (χ0v) is 14.9. The standard InChI is InChI=1S/C18H20N6O2/c1-9(2)15-17-13(4-5-19-15)24(18(26)22-17)8-10(3)16-11-6-14(25)21-12(11)7-20-23-16/h4-5,7,9-10H,6,8H2,1-3H3,(H,21,25)(H,22,26). The highest BCUT2D eigenvalue weighted by atomic mass is 16.2. The number of nitrogens with zero attached hydrogens (tertiary/aromatic N) is 4. The van der Waals surface area contributed by atoms with E-state index in [4.69, 9.17) is 0 Å². The lowest BCUT2D eigenvalue weighted by molar-refractivity contribution is -0.115. The van der Waals surface area contributed by atoms with Gasteiger partial charge in [-0.05, 0) is 12.0 Å². The molecule has 2 N–H and O–H groups in total. The van der Waals surface area contributed by atoms with Gasteiger partial charge in [0.25, 0.3) is 0 Å². The Morgan fingerprint density at radius 1 is 1.23 bits per heavy atom. The SMILES string of the molecule is CC(C)c1nccc2c1[nH]c(=O)n2CC(C)c1nncc2c1CC(=O)N2. The predicted molar refractivity (Wildman–Crippen MR) is 97.2 cm³/mol. The first kappa shape index (κ1) is 16.4. The number of H-pyrrole nitrogens is 1. The van der Waals surface area contributed by atoms with E-state index in [1.54, 1.807) is 17.0 Å². The summed E-state index contributed by atoms with van der Waals surface area (Å²) < 4.78 is 1.71. The number of amides is 1. The average Bonchev–Trinajstić information content (AvgIpc) is 3.13. The number of aromatic nitrogens is 5. The number of aromatic amines is 1. The molecule has 0 bridgehead atoms. The molecule has 0 aliphatic carbocycles. The number of imidazole rings is 1. The molecule has 0 spiro atoms. The average molecular weight is 352 g/mol. The van der Waals surface area contributed by atoms with Crippen molar-refractivity contribution in [1.82, 2.24) is 24.7 Å². The van der Waals surface area contributed by atoms with E-state index in [1.165, 1.54) is 0 Å². The van der Waals surface area contributed by atoms with E-state index in [2.05, 4.69) is 25.5 Å². The van der Waals surface area contributed by atoms with Gasteiger partial charge >= 0.3 is 5.69 Å². The van der Waals surface area contributed by atoms with Crippen molar-refractivity contribution in [2.75, 3.05) is 5.32 Å². The highest BCUT2D eigenvalue weighted by molar-refractivity contribution is 5.99. The van der Waals surface area contributed by atoms with Crippen LogP contribution in [0.25, 0.3) is 11.0 Å². The first-order valence-corrected chi connectivity index (χ1v) is 8.67. The lowest BCUT2D eigenvalue weighted by atomic mass is 10.0. The molecular formula is C18H20N6O2. The fourth-order valence-electron chi connectivity index (χ4n) is 3.55. The second-order valence-electron chi connectivity index (χ2n) is 7.03. The molecule has 134 valence electrons. The van der Waals surface area contributed by atoms with Gasteiger partial charge in [0.2, 0.25) is 5.91 Å². The number of pyridine rings is 1. The number of hydrogen-bond acceptors (Lipinski definition) is 5. The van der Waals surface area contributed by atoms with Gasteiger partial charge in [-0.1, -0.05) is 20.8 Å². The van der Waals surface area contributed by atoms with E-state index in [1.807, 2.05) is 26.8 Å². The first-order chi connectivity index (χ1) is 12.5. The molecule has 3 aromatic rings. The van der Waals surface area contributed by atoms with Crippen molar-refractivity contribution in [2.24, 2.45) is 0 Å². The van der Waals surface area contributed by atoms with E-state index in [0.717, 1.165) is 28.0 Å². The van der Waals surface area contributed by atoms with Crippen LogP contribution in [0.2, 0.25) is 0 Å². The van der Waals surface area contributed by atoms with Gasteiger partial charge < -0.3 is 10.3 Å². The van der Waals surface area contributed by atoms with Gasteiger partial charge in [-0.2, -0.15) is 10.2 Å². The number of nitrogens with one attached hydrogen (secondary N) is 2. The third kappa shape index (κ3) is 2.58. The van der Waals surface area contributed by atoms with Crippen LogP contribution in [0.3, 0.4) is 0 Å². The molecule has 8 heteroatoms. The Morgan fingerprint density at radius 3 is 2.81 bits per heavy atom. The summed E-state index contributed by atoms with van der Waals surface area (Å²) in [5.74, 6) is 0.0839. The Balaban J connectivity index is 1.74. The predicted octanol–water partition coefficient (Wildman–Crippen LogP) is 1.94. The fourth-order valence-corrected chi connectivity index (χ4v) is 3.55. The zero-order chi connectivity index (χ0) is 18.4. The Hall–Kier alpha value is -3.03. The monoisotopic (exact) mass is 352 g/mol. The lowest BCUT2D eigenvalue weighted by Crippen LogP contribution is -2.21. The summed E-state index contributed by atoms with van der Waals surface area (Å²) in [6, 6.07) is 1.85. The molecule has 1 aliphatic rings. The molecule has 1 amide bonds. The van der Waals surface area contributed by atoms with E-state index in [9.17, 15) is 9.59 Å². The Labute approximate surface area is 149 Å². The molecule has 4 heterocycles. The Morgan fingerprint density at radius 2 is 2.04 bits per heavy atom. The molecule has 0 radical (unpaired) electrons. The quantitative estimate of drug-likeness (QED) is 0.746. The fraction of sp³-hybridized carbons (Fsp3) is 0.389. The molecule has 26 heavy (non-hydrogen) atoms. The summed E-state index contributed by atoms with van der Waals surface area (Å²) in [6.07, 6.45) is 3.60. The maximum Gasteiger partial charge on any atom is 0.326 e. The largest absolute Gasteiger partial charge is 0.326 e. The second kappa shape index (κ2) is 6.05. The Kier molecular flexibility index (Phi) is 3.82. The van der Waals surface area contributed by atoms with Crippen molar-refractivity contribution >= 4 is 22.6 Å². The number of fused-ring (bicyclic) bond motifs is 2. The number of hydrogen-bond donors (Lipinski definition) is 2. The molecule has 0 saturated heterocycles. The van der Waals surface area contributed by atoms with Crippen LogP contribution in [0, 0.1) is 0 Å². The third-order valence-corrected chi connectivity index (χ3v) is 4.79. The van der Waals surface area contributed by atoms with Crippen LogP contribution < -0.4 is 11.0 Å². The smallest absolute Gasteiger partial charge is 0.324 e. The topological polar surface area (TPSA) is 106 Å². The van der Waals surface area contributed by atoms with Crippen LogP contribution in [0.15, 0.2) is 23.3 Å². The van der Waals surface area contributed by atoms with Gasteiger partial charge in [0.15, 0.2) is 0 Å². The van der Waals surface area contributed by atoms with E-state index in [0.29, 0.717) is 18.7 Å². The third-order valence-electron chi connectivity index (χ3n) is 4.79. The number of rotatable bonds is 4. The van der Waals surface area contributed by atoms with Gasteiger partial charge in [0.1, 0.15) is 0 Å². The first-order valence-electron chi connectivity index (χ1n) is 8.67. The lowest BCUT2D eigenvalue weighted by Gasteiger charge is -2.14. The molecule has 8 nitrogen and oxygen atoms in total. The zero-order valence-electron chi connectivity index (χ0n) is 14.9. The highest BCUT2D eigenvalue weighted by Gasteiger charge is 2.26. The molecular weight excluding hydrogens is 332 g/mol. The minimum absolute atomic E-state index is 0.0554. The van der Waals surface area contributed by atoms with Crippen molar-refractivity contribution in [3.8, 4) is 0 Å². The number of carbonyl (C=O) groups excluding carboxylic acids is 1. The number of anilines is 1. The normalized spacial score (nSPS) is 14.7. The van der Waals surface area contributed by atoms with Crippen LogP contribution >= 0.6 is 0 Å². The summed E-state index contributed by atoms with van der Waals surface area (Å²) >= 11 is 0. The van der Waals surface area contributed by atoms with E-state index < -0.39 is 0 Å². The highest BCUT2D eigenvalue weighted by Crippen LogP contribution is 2.29. The summed E-state index contributed by atoms with van der Waals surface area (Å²) in [4.78, 5) is 31.6. The number of carbonyl (C=O) groups is 1. The second-order valence-corrected chi connectivity index (χ2v) is 7.03. The minimum atomic E-state index is -0.170. The van der Waals surface area contributed by atoms with Gasteiger partial charge in [0, 0.05) is 24.2 Å². The summed E-state index contributed by atoms with van der Waals surface area (Å²) in [5, 5.41) is 11.0. The molecule has 0 aromatic carbocycles. The maximum atomic E-state index is 12.5. The summed E-state index contributed by atoms with van der Waals surface area (Å²) in [7, 11) is 0. The molecule has 1 aliphatic heterocycles.